The molecule has 2 N–H and O–H groups in total. The van der Waals surface area contributed by atoms with Gasteiger partial charge in [0.1, 0.15) is 0 Å². The average molecular weight is 321 g/mol. The maximum atomic E-state index is 10.7. The molecule has 0 aromatic carbocycles. The van der Waals surface area contributed by atoms with E-state index in [1.807, 2.05) is 0 Å². The summed E-state index contributed by atoms with van der Waals surface area (Å²) in [4.78, 5) is 0. The van der Waals surface area contributed by atoms with Crippen LogP contribution in [0.15, 0.2) is 0 Å². The van der Waals surface area contributed by atoms with Crippen molar-refractivity contribution in [2.45, 2.75) is 63.5 Å². The summed E-state index contributed by atoms with van der Waals surface area (Å²) in [5.41, 5.74) is 0.580. The lowest BCUT2D eigenvalue weighted by molar-refractivity contribution is -0.198. The molecule has 0 radical (unpaired) electrons. The van der Waals surface area contributed by atoms with E-state index in [0.717, 1.165) is 19.3 Å². The van der Waals surface area contributed by atoms with Crippen molar-refractivity contribution in [3.05, 3.63) is 0 Å². The number of halogens is 1. The normalized spacial score (nSPS) is 62.4. The Bertz CT molecular complexity index is 263. The largest absolute Gasteiger partial charge is 0.390 e. The Labute approximate surface area is 106 Å². The van der Waals surface area contributed by atoms with Crippen LogP contribution in [0, 0.1) is 10.8 Å². The van der Waals surface area contributed by atoms with Crippen molar-refractivity contribution < 1.29 is 5.11 Å². The maximum absolute atomic E-state index is 10.7. The molecule has 0 saturated heterocycles. The van der Waals surface area contributed by atoms with E-state index in [2.05, 4.69) is 40.2 Å². The fraction of sp³-hybridized carbons (Fsp3) is 1.00. The summed E-state index contributed by atoms with van der Waals surface area (Å²) in [6, 6.07) is 0. The molecule has 4 saturated carbocycles. The van der Waals surface area contributed by atoms with E-state index in [-0.39, 0.29) is 11.1 Å². The molecule has 2 nitrogen and oxygen atoms in total. The Kier molecular flexibility index (Phi) is 1.96. The van der Waals surface area contributed by atoms with Gasteiger partial charge in [-0.3, -0.25) is 3.53 Å². The first-order chi connectivity index (χ1) is 6.80. The average Bonchev–Trinajstić information content (AvgIpc) is 1.94. The van der Waals surface area contributed by atoms with Gasteiger partial charge in [-0.25, -0.2) is 0 Å². The van der Waals surface area contributed by atoms with Gasteiger partial charge in [0.05, 0.1) is 5.60 Å². The third-order valence-corrected chi connectivity index (χ3v) is 5.91. The van der Waals surface area contributed by atoms with E-state index in [0.29, 0.717) is 10.8 Å². The predicted molar refractivity (Wildman–Crippen MR) is 68.8 cm³/mol. The minimum atomic E-state index is -0.379. The van der Waals surface area contributed by atoms with Crippen molar-refractivity contribution in [1.82, 2.24) is 3.53 Å². The van der Waals surface area contributed by atoms with E-state index < -0.39 is 0 Å². The van der Waals surface area contributed by atoms with Crippen molar-refractivity contribution in [2.75, 3.05) is 0 Å². The molecule has 0 amide bonds. The van der Waals surface area contributed by atoms with E-state index in [1.165, 1.54) is 19.3 Å². The lowest BCUT2D eigenvalue weighted by atomic mass is 9.41. The second kappa shape index (κ2) is 2.72. The van der Waals surface area contributed by atoms with Gasteiger partial charge < -0.3 is 5.11 Å². The molecule has 3 heteroatoms. The van der Waals surface area contributed by atoms with E-state index in [4.69, 9.17) is 0 Å². The summed E-state index contributed by atoms with van der Waals surface area (Å²) in [7, 11) is 0. The zero-order valence-corrected chi connectivity index (χ0v) is 11.7. The first-order valence-corrected chi connectivity index (χ1v) is 6.98. The molecule has 0 aromatic heterocycles. The number of aliphatic hydroxyl groups is 1. The van der Waals surface area contributed by atoms with Crippen LogP contribution < -0.4 is 3.53 Å². The van der Waals surface area contributed by atoms with Crippen LogP contribution in [0.25, 0.3) is 0 Å². The van der Waals surface area contributed by atoms with Crippen molar-refractivity contribution in [3.63, 3.8) is 0 Å². The summed E-state index contributed by atoms with van der Waals surface area (Å²) in [6.07, 6.45) is 6.82. The Morgan fingerprint density at radius 1 is 0.933 bits per heavy atom. The smallest absolute Gasteiger partial charge is 0.0676 e. The standard InChI is InChI=1S/C12H20INO/c1-9-3-10(2)5-11(4-9,14-13)8-12(15,6-9)7-10/h14-15H,3-8H2,1-2H3. The van der Waals surface area contributed by atoms with Crippen LogP contribution in [0.5, 0.6) is 0 Å². The van der Waals surface area contributed by atoms with Crippen molar-refractivity contribution in [3.8, 4) is 0 Å². The third-order valence-electron chi connectivity index (χ3n) is 4.76. The quantitative estimate of drug-likeness (QED) is 0.575. The van der Waals surface area contributed by atoms with Crippen LogP contribution in [0.2, 0.25) is 0 Å². The summed E-state index contributed by atoms with van der Waals surface area (Å²) >= 11 is 2.29. The highest BCUT2D eigenvalue weighted by molar-refractivity contribution is 14.1. The minimum Gasteiger partial charge on any atom is -0.390 e. The summed E-state index contributed by atoms with van der Waals surface area (Å²) < 4.78 is 3.50. The van der Waals surface area contributed by atoms with Gasteiger partial charge in [-0.15, -0.1) is 0 Å². The molecule has 2 unspecified atom stereocenters. The fourth-order valence-electron chi connectivity index (χ4n) is 5.73. The lowest BCUT2D eigenvalue weighted by Crippen LogP contribution is -2.68. The third kappa shape index (κ3) is 1.49. The topological polar surface area (TPSA) is 32.3 Å². The molecule has 4 rings (SSSR count). The first kappa shape index (κ1) is 10.8. The molecule has 0 aliphatic heterocycles. The number of rotatable bonds is 1. The highest BCUT2D eigenvalue weighted by Crippen LogP contribution is 2.67. The van der Waals surface area contributed by atoms with Gasteiger partial charge >= 0.3 is 0 Å². The molecule has 0 spiro atoms. The molecule has 4 bridgehead atoms. The summed E-state index contributed by atoms with van der Waals surface area (Å²) in [6.45, 7) is 4.74. The second-order valence-corrected chi connectivity index (χ2v) is 7.82. The molecule has 0 heterocycles. The minimum absolute atomic E-state index is 0.216. The zero-order chi connectivity index (χ0) is 10.9. The Hall–Kier alpha value is 0.650. The molecule has 2 atom stereocenters. The monoisotopic (exact) mass is 321 g/mol. The Morgan fingerprint density at radius 3 is 1.87 bits per heavy atom. The van der Waals surface area contributed by atoms with Crippen LogP contribution in [-0.2, 0) is 0 Å². The van der Waals surface area contributed by atoms with Gasteiger partial charge in [0.25, 0.3) is 0 Å². The van der Waals surface area contributed by atoms with Crippen molar-refractivity contribution in [1.29, 1.82) is 0 Å². The molecule has 4 aliphatic rings. The number of hydrogen-bond donors (Lipinski definition) is 2. The summed E-state index contributed by atoms with van der Waals surface area (Å²) in [5.74, 6) is 0. The second-order valence-electron chi connectivity index (χ2n) is 7.28. The molecular formula is C12H20INO. The number of nitrogens with one attached hydrogen (secondary N) is 1. The zero-order valence-electron chi connectivity index (χ0n) is 9.57. The van der Waals surface area contributed by atoms with E-state index in [9.17, 15) is 5.11 Å². The van der Waals surface area contributed by atoms with Crippen molar-refractivity contribution in [2.24, 2.45) is 10.8 Å². The van der Waals surface area contributed by atoms with Crippen LogP contribution in [-0.4, -0.2) is 16.2 Å². The van der Waals surface area contributed by atoms with E-state index in [1.54, 1.807) is 0 Å². The van der Waals surface area contributed by atoms with Crippen LogP contribution in [0.3, 0.4) is 0 Å². The highest BCUT2D eigenvalue weighted by atomic mass is 127. The summed E-state index contributed by atoms with van der Waals surface area (Å²) in [5, 5.41) is 10.7. The molecule has 4 fully saturated rings. The molecular weight excluding hydrogens is 301 g/mol. The van der Waals surface area contributed by atoms with Gasteiger partial charge in [-0.2, -0.15) is 0 Å². The molecule has 0 aromatic rings. The number of hydrogen-bond acceptors (Lipinski definition) is 2. The van der Waals surface area contributed by atoms with Crippen LogP contribution in [0.1, 0.15) is 52.4 Å². The predicted octanol–water partition coefficient (Wildman–Crippen LogP) is 2.79. The van der Waals surface area contributed by atoms with Crippen molar-refractivity contribution >= 4 is 22.9 Å². The molecule has 4 aliphatic carbocycles. The Morgan fingerprint density at radius 2 is 1.47 bits per heavy atom. The maximum Gasteiger partial charge on any atom is 0.0676 e. The Balaban J connectivity index is 2.06. The molecule has 15 heavy (non-hydrogen) atoms. The molecule has 86 valence electrons. The lowest BCUT2D eigenvalue weighted by Gasteiger charge is -2.67. The van der Waals surface area contributed by atoms with Crippen LogP contribution >= 0.6 is 22.9 Å². The fourth-order valence-corrected chi connectivity index (χ4v) is 6.31. The van der Waals surface area contributed by atoms with Crippen LogP contribution in [0.4, 0.5) is 0 Å². The first-order valence-electron chi connectivity index (χ1n) is 5.91. The van der Waals surface area contributed by atoms with Gasteiger partial charge in [-0.1, -0.05) is 13.8 Å². The van der Waals surface area contributed by atoms with Gasteiger partial charge in [-0.05, 0) is 49.4 Å². The van der Waals surface area contributed by atoms with Gasteiger partial charge in [0.2, 0.25) is 0 Å². The van der Waals surface area contributed by atoms with Gasteiger partial charge in [0, 0.05) is 28.4 Å². The van der Waals surface area contributed by atoms with E-state index >= 15 is 0 Å². The SMILES string of the molecule is CC12CC3(C)CC(O)(C1)CC(NI)(C2)C3. The van der Waals surface area contributed by atoms with Gasteiger partial charge in [0.15, 0.2) is 0 Å². The highest BCUT2D eigenvalue weighted by Gasteiger charge is 2.65.